The van der Waals surface area contributed by atoms with Crippen LogP contribution in [0.25, 0.3) is 12.2 Å². The number of carbonyl (C=O) groups is 1. The van der Waals surface area contributed by atoms with Crippen LogP contribution in [0.1, 0.15) is 23.6 Å². The van der Waals surface area contributed by atoms with Gasteiger partial charge in [-0.1, -0.05) is 23.8 Å². The van der Waals surface area contributed by atoms with Gasteiger partial charge in [-0.05, 0) is 69.0 Å². The SMILES string of the molecule is CCOC(=O)/C=C/c1ccc(C)cc1C=C(Br)Br. The van der Waals surface area contributed by atoms with Crippen LogP contribution in [0.5, 0.6) is 0 Å². The van der Waals surface area contributed by atoms with Crippen LogP contribution in [-0.4, -0.2) is 12.6 Å². The first kappa shape index (κ1) is 15.2. The van der Waals surface area contributed by atoms with Gasteiger partial charge < -0.3 is 4.74 Å². The molecule has 0 unspecified atom stereocenters. The highest BCUT2D eigenvalue weighted by Crippen LogP contribution is 2.22. The Morgan fingerprint density at radius 1 is 1.33 bits per heavy atom. The van der Waals surface area contributed by atoms with Gasteiger partial charge in [-0.25, -0.2) is 4.79 Å². The van der Waals surface area contributed by atoms with E-state index in [4.69, 9.17) is 4.74 Å². The number of carbonyl (C=O) groups excluding carboxylic acids is 1. The van der Waals surface area contributed by atoms with Crippen LogP contribution in [0, 0.1) is 6.92 Å². The molecule has 0 aliphatic carbocycles. The van der Waals surface area contributed by atoms with Crippen LogP contribution >= 0.6 is 31.9 Å². The number of hydrogen-bond acceptors (Lipinski definition) is 2. The normalized spacial score (nSPS) is 10.4. The summed E-state index contributed by atoms with van der Waals surface area (Å²) in [5.41, 5.74) is 3.15. The number of hydrogen-bond donors (Lipinski definition) is 0. The molecule has 0 aliphatic rings. The minimum absolute atomic E-state index is 0.328. The Kier molecular flexibility index (Phi) is 6.36. The Bertz CT molecular complexity index is 487. The van der Waals surface area contributed by atoms with Crippen molar-refractivity contribution >= 4 is 50.0 Å². The van der Waals surface area contributed by atoms with Crippen LogP contribution < -0.4 is 0 Å². The van der Waals surface area contributed by atoms with Crippen molar-refractivity contribution in [3.05, 3.63) is 44.4 Å². The van der Waals surface area contributed by atoms with E-state index < -0.39 is 0 Å². The lowest BCUT2D eigenvalue weighted by atomic mass is 10.0. The molecule has 0 aliphatic heterocycles. The maximum absolute atomic E-state index is 11.3. The highest BCUT2D eigenvalue weighted by Gasteiger charge is 2.00. The van der Waals surface area contributed by atoms with Crippen molar-refractivity contribution in [2.24, 2.45) is 0 Å². The number of rotatable bonds is 4. The molecule has 1 aromatic carbocycles. The third kappa shape index (κ3) is 5.19. The fraction of sp³-hybridized carbons (Fsp3) is 0.214. The van der Waals surface area contributed by atoms with Gasteiger partial charge in [-0.2, -0.15) is 0 Å². The third-order valence-corrected chi connectivity index (χ3v) is 2.65. The second-order valence-corrected chi connectivity index (χ2v) is 6.42. The zero-order valence-corrected chi connectivity index (χ0v) is 13.4. The minimum Gasteiger partial charge on any atom is -0.463 e. The van der Waals surface area contributed by atoms with E-state index in [9.17, 15) is 4.79 Å². The van der Waals surface area contributed by atoms with E-state index in [0.717, 1.165) is 20.1 Å². The first-order chi connectivity index (χ1) is 8.52. The van der Waals surface area contributed by atoms with Crippen molar-refractivity contribution in [3.63, 3.8) is 0 Å². The molecule has 0 bridgehead atoms. The third-order valence-electron chi connectivity index (χ3n) is 2.19. The Labute approximate surface area is 124 Å². The second kappa shape index (κ2) is 7.54. The molecule has 18 heavy (non-hydrogen) atoms. The summed E-state index contributed by atoms with van der Waals surface area (Å²) in [5.74, 6) is -0.328. The Morgan fingerprint density at radius 3 is 2.67 bits per heavy atom. The van der Waals surface area contributed by atoms with Crippen LogP contribution in [0.2, 0.25) is 0 Å². The molecule has 1 aromatic rings. The van der Waals surface area contributed by atoms with E-state index in [1.165, 1.54) is 6.08 Å². The lowest BCUT2D eigenvalue weighted by molar-refractivity contribution is -0.137. The summed E-state index contributed by atoms with van der Waals surface area (Å²) in [5, 5.41) is 0. The zero-order chi connectivity index (χ0) is 13.5. The highest BCUT2D eigenvalue weighted by atomic mass is 79.9. The van der Waals surface area contributed by atoms with E-state index in [1.54, 1.807) is 13.0 Å². The van der Waals surface area contributed by atoms with Crippen molar-refractivity contribution in [2.45, 2.75) is 13.8 Å². The first-order valence-corrected chi connectivity index (χ1v) is 7.09. The predicted molar refractivity (Wildman–Crippen MR) is 82.7 cm³/mol. The largest absolute Gasteiger partial charge is 0.463 e. The quantitative estimate of drug-likeness (QED) is 0.566. The van der Waals surface area contributed by atoms with E-state index in [0.29, 0.717) is 6.61 Å². The zero-order valence-electron chi connectivity index (χ0n) is 10.2. The molecule has 0 fully saturated rings. The Balaban J connectivity index is 3.01. The topological polar surface area (TPSA) is 26.3 Å². The van der Waals surface area contributed by atoms with Crippen LogP contribution in [0.4, 0.5) is 0 Å². The number of aryl methyl sites for hydroxylation is 1. The summed E-state index contributed by atoms with van der Waals surface area (Å²) in [6.07, 6.45) is 5.14. The smallest absolute Gasteiger partial charge is 0.330 e. The van der Waals surface area contributed by atoms with Crippen molar-refractivity contribution in [1.29, 1.82) is 0 Å². The fourth-order valence-electron chi connectivity index (χ4n) is 1.44. The molecule has 0 saturated heterocycles. The van der Waals surface area contributed by atoms with Gasteiger partial charge in [0.2, 0.25) is 0 Å². The van der Waals surface area contributed by atoms with Gasteiger partial charge in [0.1, 0.15) is 0 Å². The number of esters is 1. The van der Waals surface area contributed by atoms with E-state index in [-0.39, 0.29) is 5.97 Å². The average molecular weight is 374 g/mol. The standard InChI is InChI=1S/C14H14Br2O2/c1-3-18-14(17)7-6-11-5-4-10(2)8-12(11)9-13(15)16/h4-9H,3H2,1-2H3/b7-6+. The number of halogens is 2. The van der Waals surface area contributed by atoms with Gasteiger partial charge in [0, 0.05) is 6.08 Å². The summed E-state index contributed by atoms with van der Waals surface area (Å²) < 4.78 is 5.70. The van der Waals surface area contributed by atoms with Gasteiger partial charge >= 0.3 is 5.97 Å². The molecule has 2 nitrogen and oxygen atoms in total. The van der Waals surface area contributed by atoms with Gasteiger partial charge in [0.25, 0.3) is 0 Å². The minimum atomic E-state index is -0.328. The lowest BCUT2D eigenvalue weighted by Gasteiger charge is -2.03. The summed E-state index contributed by atoms with van der Waals surface area (Å²) in [4.78, 5) is 11.3. The molecule has 0 saturated carbocycles. The van der Waals surface area contributed by atoms with Gasteiger partial charge in [-0.3, -0.25) is 0 Å². The van der Waals surface area contributed by atoms with Gasteiger partial charge in [0.15, 0.2) is 0 Å². The fourth-order valence-corrected chi connectivity index (χ4v) is 1.93. The van der Waals surface area contributed by atoms with E-state index >= 15 is 0 Å². The Hall–Kier alpha value is -0.870. The first-order valence-electron chi connectivity index (χ1n) is 5.51. The summed E-state index contributed by atoms with van der Waals surface area (Å²) in [6, 6.07) is 6.03. The van der Waals surface area contributed by atoms with E-state index in [1.807, 2.05) is 31.2 Å². The van der Waals surface area contributed by atoms with Crippen molar-refractivity contribution in [2.75, 3.05) is 6.61 Å². The maximum Gasteiger partial charge on any atom is 0.330 e. The lowest BCUT2D eigenvalue weighted by Crippen LogP contribution is -1.98. The molecule has 96 valence electrons. The molecule has 0 N–H and O–H groups in total. The summed E-state index contributed by atoms with van der Waals surface area (Å²) in [6.45, 7) is 4.20. The molecule has 4 heteroatoms. The molecule has 1 rings (SSSR count). The van der Waals surface area contributed by atoms with E-state index in [2.05, 4.69) is 31.9 Å². The predicted octanol–water partition coefficient (Wildman–Crippen LogP) is 4.66. The Morgan fingerprint density at radius 2 is 2.06 bits per heavy atom. The van der Waals surface area contributed by atoms with Crippen LogP contribution in [0.15, 0.2) is 27.7 Å². The number of benzene rings is 1. The van der Waals surface area contributed by atoms with Crippen molar-refractivity contribution in [3.8, 4) is 0 Å². The molecule has 0 aromatic heterocycles. The number of ether oxygens (including phenoxy) is 1. The molecule has 0 spiro atoms. The second-order valence-electron chi connectivity index (χ2n) is 3.65. The average Bonchev–Trinajstić information content (AvgIpc) is 2.27. The molecule has 0 radical (unpaired) electrons. The highest BCUT2D eigenvalue weighted by molar-refractivity contribution is 9.28. The van der Waals surface area contributed by atoms with Crippen LogP contribution in [-0.2, 0) is 9.53 Å². The van der Waals surface area contributed by atoms with Gasteiger partial charge in [0.05, 0.1) is 10.00 Å². The molecule has 0 atom stereocenters. The summed E-state index contributed by atoms with van der Waals surface area (Å²) in [7, 11) is 0. The molecule has 0 heterocycles. The maximum atomic E-state index is 11.3. The van der Waals surface area contributed by atoms with Crippen molar-refractivity contribution < 1.29 is 9.53 Å². The summed E-state index contributed by atoms with van der Waals surface area (Å²) >= 11 is 6.67. The van der Waals surface area contributed by atoms with Crippen LogP contribution in [0.3, 0.4) is 0 Å². The molecular formula is C14H14Br2O2. The van der Waals surface area contributed by atoms with Crippen molar-refractivity contribution in [1.82, 2.24) is 0 Å². The monoisotopic (exact) mass is 372 g/mol. The molecular weight excluding hydrogens is 360 g/mol. The molecule has 0 amide bonds. The van der Waals surface area contributed by atoms with Gasteiger partial charge in [-0.15, -0.1) is 0 Å².